The largest absolute Gasteiger partial charge is 0.480 e. The molecule has 0 bridgehead atoms. The van der Waals surface area contributed by atoms with Crippen LogP contribution in [0.25, 0.3) is 0 Å². The highest BCUT2D eigenvalue weighted by Crippen LogP contribution is 2.26. The third-order valence-corrected chi connectivity index (χ3v) is 4.35. The van der Waals surface area contributed by atoms with Crippen molar-refractivity contribution < 1.29 is 9.53 Å². The molecule has 3 heterocycles. The molecule has 23 heavy (non-hydrogen) atoms. The molecule has 1 amide bonds. The van der Waals surface area contributed by atoms with Gasteiger partial charge in [-0.15, -0.1) is 0 Å². The summed E-state index contributed by atoms with van der Waals surface area (Å²) in [6.07, 6.45) is 9.30. The zero-order valence-corrected chi connectivity index (χ0v) is 13.3. The van der Waals surface area contributed by atoms with Gasteiger partial charge >= 0.3 is 0 Å². The van der Waals surface area contributed by atoms with E-state index in [2.05, 4.69) is 9.97 Å². The van der Waals surface area contributed by atoms with Crippen molar-refractivity contribution in [3.05, 3.63) is 54.0 Å². The molecule has 0 N–H and O–H groups in total. The maximum Gasteiger partial charge on any atom is 0.259 e. The number of hydrogen-bond donors (Lipinski definition) is 0. The topological polar surface area (TPSA) is 55.3 Å². The van der Waals surface area contributed by atoms with Crippen LogP contribution in [-0.2, 0) is 6.42 Å². The number of methoxy groups -OCH3 is 1. The fourth-order valence-corrected chi connectivity index (χ4v) is 3.16. The minimum Gasteiger partial charge on any atom is -0.480 e. The summed E-state index contributed by atoms with van der Waals surface area (Å²) in [6, 6.07) is 7.90. The Morgan fingerprint density at radius 2 is 2.13 bits per heavy atom. The number of aryl methyl sites for hydroxylation is 1. The van der Waals surface area contributed by atoms with E-state index in [1.165, 1.54) is 5.56 Å². The van der Waals surface area contributed by atoms with E-state index in [1.54, 1.807) is 25.4 Å². The predicted molar refractivity (Wildman–Crippen MR) is 87.4 cm³/mol. The first kappa shape index (κ1) is 15.5. The van der Waals surface area contributed by atoms with Crippen LogP contribution in [0, 0.1) is 0 Å². The van der Waals surface area contributed by atoms with Gasteiger partial charge in [-0.1, -0.05) is 0 Å². The molecule has 3 rings (SSSR count). The van der Waals surface area contributed by atoms with E-state index < -0.39 is 0 Å². The van der Waals surface area contributed by atoms with E-state index in [4.69, 9.17) is 4.74 Å². The molecule has 1 atom stereocenters. The Kier molecular flexibility index (Phi) is 4.86. The zero-order valence-electron chi connectivity index (χ0n) is 13.3. The number of rotatable bonds is 5. The second-order valence-electron chi connectivity index (χ2n) is 5.75. The number of nitrogens with zero attached hydrogens (tertiary/aromatic N) is 3. The molecule has 120 valence electrons. The summed E-state index contributed by atoms with van der Waals surface area (Å²) >= 11 is 0. The van der Waals surface area contributed by atoms with Crippen LogP contribution in [0.5, 0.6) is 5.88 Å². The smallest absolute Gasteiger partial charge is 0.259 e. The summed E-state index contributed by atoms with van der Waals surface area (Å²) < 4.78 is 5.23. The highest BCUT2D eigenvalue weighted by molar-refractivity contribution is 5.96. The fraction of sp³-hybridized carbons (Fsp3) is 0.389. The van der Waals surface area contributed by atoms with E-state index in [0.717, 1.165) is 32.2 Å². The Hall–Kier alpha value is -2.43. The Morgan fingerprint density at radius 3 is 2.91 bits per heavy atom. The lowest BCUT2D eigenvalue weighted by atomic mass is 10.0. The number of amides is 1. The number of likely N-dealkylation sites (tertiary alicyclic amines) is 1. The van der Waals surface area contributed by atoms with Crippen LogP contribution in [0.4, 0.5) is 0 Å². The van der Waals surface area contributed by atoms with Gasteiger partial charge in [-0.25, -0.2) is 4.98 Å². The van der Waals surface area contributed by atoms with Crippen LogP contribution in [0.2, 0.25) is 0 Å². The highest BCUT2D eigenvalue weighted by atomic mass is 16.5. The molecule has 0 aliphatic carbocycles. The van der Waals surface area contributed by atoms with Crippen LogP contribution < -0.4 is 4.74 Å². The molecule has 2 aromatic rings. The summed E-state index contributed by atoms with van der Waals surface area (Å²) in [5.74, 6) is 0.421. The van der Waals surface area contributed by atoms with E-state index in [0.29, 0.717) is 11.4 Å². The maximum atomic E-state index is 12.8. The lowest BCUT2D eigenvalue weighted by Crippen LogP contribution is -2.36. The van der Waals surface area contributed by atoms with Crippen molar-refractivity contribution in [2.45, 2.75) is 31.7 Å². The molecule has 1 fully saturated rings. The summed E-state index contributed by atoms with van der Waals surface area (Å²) in [6.45, 7) is 0.803. The molecule has 0 radical (unpaired) electrons. The molecule has 1 aliphatic heterocycles. The van der Waals surface area contributed by atoms with E-state index in [9.17, 15) is 4.79 Å². The molecule has 0 saturated carbocycles. The molecule has 0 aromatic carbocycles. The molecule has 0 spiro atoms. The van der Waals surface area contributed by atoms with Crippen molar-refractivity contribution in [1.82, 2.24) is 14.9 Å². The van der Waals surface area contributed by atoms with Gasteiger partial charge in [-0.3, -0.25) is 9.78 Å². The van der Waals surface area contributed by atoms with Crippen LogP contribution in [0.1, 0.15) is 35.2 Å². The lowest BCUT2D eigenvalue weighted by molar-refractivity contribution is 0.0726. The second-order valence-corrected chi connectivity index (χ2v) is 5.75. The molecular weight excluding hydrogens is 290 g/mol. The number of ether oxygens (including phenoxy) is 1. The second kappa shape index (κ2) is 7.22. The third kappa shape index (κ3) is 3.50. The van der Waals surface area contributed by atoms with Crippen LogP contribution in [-0.4, -0.2) is 40.5 Å². The Balaban J connectivity index is 1.70. The number of hydrogen-bond acceptors (Lipinski definition) is 4. The summed E-state index contributed by atoms with van der Waals surface area (Å²) in [5.41, 5.74) is 1.81. The van der Waals surface area contributed by atoms with Gasteiger partial charge in [0.1, 0.15) is 5.56 Å². The molecule has 1 unspecified atom stereocenters. The number of aromatic nitrogens is 2. The normalized spacial score (nSPS) is 17.3. The van der Waals surface area contributed by atoms with Crippen LogP contribution >= 0.6 is 0 Å². The average Bonchev–Trinajstić information content (AvgIpc) is 3.08. The average molecular weight is 311 g/mol. The van der Waals surface area contributed by atoms with Crippen molar-refractivity contribution >= 4 is 5.91 Å². The van der Waals surface area contributed by atoms with Gasteiger partial charge in [0.2, 0.25) is 5.88 Å². The Morgan fingerprint density at radius 1 is 1.30 bits per heavy atom. The lowest BCUT2D eigenvalue weighted by Gasteiger charge is -2.25. The number of pyridine rings is 2. The van der Waals surface area contributed by atoms with Gasteiger partial charge in [-0.2, -0.15) is 0 Å². The van der Waals surface area contributed by atoms with Gasteiger partial charge in [-0.05, 0) is 55.5 Å². The fourth-order valence-electron chi connectivity index (χ4n) is 3.16. The van der Waals surface area contributed by atoms with Crippen molar-refractivity contribution in [3.8, 4) is 5.88 Å². The first-order valence-corrected chi connectivity index (χ1v) is 7.98. The molecule has 1 saturated heterocycles. The van der Waals surface area contributed by atoms with Gasteiger partial charge in [0.25, 0.3) is 5.91 Å². The zero-order chi connectivity index (χ0) is 16.1. The van der Waals surface area contributed by atoms with E-state index >= 15 is 0 Å². The predicted octanol–water partition coefficient (Wildman–Crippen LogP) is 2.72. The minimum atomic E-state index is 0.0205. The molecule has 1 aliphatic rings. The van der Waals surface area contributed by atoms with Gasteiger partial charge in [0, 0.05) is 31.2 Å². The highest BCUT2D eigenvalue weighted by Gasteiger charge is 2.30. The van der Waals surface area contributed by atoms with Crippen molar-refractivity contribution in [1.29, 1.82) is 0 Å². The van der Waals surface area contributed by atoms with Crippen molar-refractivity contribution in [2.24, 2.45) is 0 Å². The van der Waals surface area contributed by atoms with Gasteiger partial charge in [0.05, 0.1) is 7.11 Å². The minimum absolute atomic E-state index is 0.0205. The first-order valence-electron chi connectivity index (χ1n) is 7.98. The molecule has 5 nitrogen and oxygen atoms in total. The summed E-state index contributed by atoms with van der Waals surface area (Å²) in [5, 5.41) is 0. The standard InChI is InChI=1S/C18H21N3O2/c1-23-17-16(5-2-10-20-17)18(22)21-13-3-4-15(21)7-6-14-8-11-19-12-9-14/h2,5,8-12,15H,3-4,6-7,13H2,1H3. The van der Waals surface area contributed by atoms with Gasteiger partial charge in [0.15, 0.2) is 0 Å². The van der Waals surface area contributed by atoms with Crippen molar-refractivity contribution in [3.63, 3.8) is 0 Å². The van der Waals surface area contributed by atoms with Gasteiger partial charge < -0.3 is 9.64 Å². The monoisotopic (exact) mass is 311 g/mol. The SMILES string of the molecule is COc1ncccc1C(=O)N1CCCC1CCc1ccncc1. The molecular formula is C18H21N3O2. The summed E-state index contributed by atoms with van der Waals surface area (Å²) in [7, 11) is 1.55. The number of carbonyl (C=O) groups excluding carboxylic acids is 1. The van der Waals surface area contributed by atoms with Crippen LogP contribution in [0.3, 0.4) is 0 Å². The van der Waals surface area contributed by atoms with Crippen molar-refractivity contribution in [2.75, 3.05) is 13.7 Å². The van der Waals surface area contributed by atoms with Crippen LogP contribution in [0.15, 0.2) is 42.9 Å². The maximum absolute atomic E-state index is 12.8. The number of carbonyl (C=O) groups is 1. The third-order valence-electron chi connectivity index (χ3n) is 4.35. The first-order chi connectivity index (χ1) is 11.3. The molecule has 5 heteroatoms. The molecule has 2 aromatic heterocycles. The summed E-state index contributed by atoms with van der Waals surface area (Å²) in [4.78, 5) is 23.0. The Labute approximate surface area is 136 Å². The Bertz CT molecular complexity index is 660. The quantitative estimate of drug-likeness (QED) is 0.852. The van der Waals surface area contributed by atoms with E-state index in [-0.39, 0.29) is 11.9 Å². The van der Waals surface area contributed by atoms with E-state index in [1.807, 2.05) is 29.4 Å².